The molecule has 0 radical (unpaired) electrons. The van der Waals surface area contributed by atoms with Gasteiger partial charge in [-0.1, -0.05) is 6.92 Å². The highest BCUT2D eigenvalue weighted by Gasteiger charge is 2.09. The second-order valence-electron chi connectivity index (χ2n) is 4.17. The summed E-state index contributed by atoms with van der Waals surface area (Å²) >= 11 is 1.66. The first-order valence-electron chi connectivity index (χ1n) is 6.13. The van der Waals surface area contributed by atoms with Crippen molar-refractivity contribution in [3.8, 4) is 16.3 Å². The van der Waals surface area contributed by atoms with Crippen LogP contribution in [0.25, 0.3) is 10.6 Å². The van der Waals surface area contributed by atoms with Crippen LogP contribution in [0.5, 0.6) is 5.75 Å². The fourth-order valence-corrected chi connectivity index (χ4v) is 2.57. The molecule has 0 saturated heterocycles. The predicted molar refractivity (Wildman–Crippen MR) is 76.2 cm³/mol. The third-order valence-corrected chi connectivity index (χ3v) is 3.70. The van der Waals surface area contributed by atoms with Crippen molar-refractivity contribution in [3.63, 3.8) is 0 Å². The number of aromatic nitrogens is 1. The lowest BCUT2D eigenvalue weighted by Gasteiger charge is -2.04. The molecule has 1 heterocycles. The van der Waals surface area contributed by atoms with Gasteiger partial charge < -0.3 is 10.5 Å². The maximum Gasteiger partial charge on any atom is 0.123 e. The van der Waals surface area contributed by atoms with Crippen molar-refractivity contribution < 1.29 is 4.74 Å². The molecule has 0 amide bonds. The molecule has 1 atom stereocenters. The Kier molecular flexibility index (Phi) is 4.33. The Morgan fingerprint density at radius 3 is 2.67 bits per heavy atom. The average molecular weight is 262 g/mol. The van der Waals surface area contributed by atoms with E-state index in [2.05, 4.69) is 17.3 Å². The normalized spacial score (nSPS) is 12.4. The van der Waals surface area contributed by atoms with Gasteiger partial charge in [0.15, 0.2) is 0 Å². The zero-order chi connectivity index (χ0) is 13.0. The van der Waals surface area contributed by atoms with Crippen LogP contribution in [-0.4, -0.2) is 18.1 Å². The zero-order valence-electron chi connectivity index (χ0n) is 10.7. The van der Waals surface area contributed by atoms with Gasteiger partial charge in [0, 0.05) is 23.4 Å². The highest BCUT2D eigenvalue weighted by Crippen LogP contribution is 2.28. The number of ether oxygens (including phenoxy) is 1. The van der Waals surface area contributed by atoms with Gasteiger partial charge in [0.1, 0.15) is 10.8 Å². The van der Waals surface area contributed by atoms with Crippen LogP contribution in [0.2, 0.25) is 0 Å². The molecule has 2 N–H and O–H groups in total. The number of nitrogens with zero attached hydrogens (tertiary/aromatic N) is 1. The van der Waals surface area contributed by atoms with E-state index in [1.807, 2.05) is 31.2 Å². The third-order valence-electron chi connectivity index (χ3n) is 2.79. The van der Waals surface area contributed by atoms with Crippen molar-refractivity contribution in [2.24, 2.45) is 5.73 Å². The van der Waals surface area contributed by atoms with Crippen molar-refractivity contribution in [1.82, 2.24) is 4.98 Å². The van der Waals surface area contributed by atoms with Gasteiger partial charge in [0.05, 0.1) is 12.3 Å². The van der Waals surface area contributed by atoms with Crippen molar-refractivity contribution >= 4 is 11.3 Å². The molecule has 1 aromatic carbocycles. The molecule has 0 aliphatic carbocycles. The largest absolute Gasteiger partial charge is 0.494 e. The van der Waals surface area contributed by atoms with Crippen LogP contribution in [-0.2, 0) is 0 Å². The van der Waals surface area contributed by atoms with E-state index in [4.69, 9.17) is 10.5 Å². The molecule has 0 spiro atoms. The molecule has 4 heteroatoms. The molecular weight excluding hydrogens is 244 g/mol. The summed E-state index contributed by atoms with van der Waals surface area (Å²) in [5.74, 6) is 1.21. The number of thiazole rings is 1. The van der Waals surface area contributed by atoms with Gasteiger partial charge >= 0.3 is 0 Å². The first-order chi connectivity index (χ1) is 8.74. The van der Waals surface area contributed by atoms with E-state index in [1.54, 1.807) is 11.3 Å². The summed E-state index contributed by atoms with van der Waals surface area (Å²) in [4.78, 5) is 4.62. The minimum Gasteiger partial charge on any atom is -0.494 e. The van der Waals surface area contributed by atoms with Crippen LogP contribution >= 0.6 is 11.3 Å². The lowest BCUT2D eigenvalue weighted by atomic mass is 10.1. The van der Waals surface area contributed by atoms with Gasteiger partial charge in [-0.2, -0.15) is 0 Å². The highest BCUT2D eigenvalue weighted by molar-refractivity contribution is 7.13. The summed E-state index contributed by atoms with van der Waals surface area (Å²) in [6, 6.07) is 8.04. The van der Waals surface area contributed by atoms with Gasteiger partial charge in [-0.05, 0) is 31.2 Å². The van der Waals surface area contributed by atoms with Crippen LogP contribution in [0.15, 0.2) is 29.6 Å². The van der Waals surface area contributed by atoms with Crippen LogP contribution in [0.3, 0.4) is 0 Å². The number of hydrogen-bond acceptors (Lipinski definition) is 4. The Labute approximate surface area is 112 Å². The monoisotopic (exact) mass is 262 g/mol. The molecule has 1 unspecified atom stereocenters. The number of hydrogen-bond donors (Lipinski definition) is 1. The Morgan fingerprint density at radius 2 is 2.06 bits per heavy atom. The van der Waals surface area contributed by atoms with Crippen LogP contribution in [0.4, 0.5) is 0 Å². The number of nitrogens with two attached hydrogens (primary N) is 1. The molecule has 96 valence electrons. The van der Waals surface area contributed by atoms with Gasteiger partial charge in [-0.15, -0.1) is 11.3 Å². The molecule has 0 aliphatic heterocycles. The average Bonchev–Trinajstić information content (AvgIpc) is 2.89. The van der Waals surface area contributed by atoms with Crippen molar-refractivity contribution in [2.75, 3.05) is 13.2 Å². The van der Waals surface area contributed by atoms with Crippen molar-refractivity contribution in [2.45, 2.75) is 19.8 Å². The lowest BCUT2D eigenvalue weighted by Crippen LogP contribution is -2.08. The van der Waals surface area contributed by atoms with Gasteiger partial charge in [0.25, 0.3) is 0 Å². The number of benzene rings is 1. The molecule has 0 saturated carbocycles. The van der Waals surface area contributed by atoms with Crippen LogP contribution in [0.1, 0.15) is 25.5 Å². The molecule has 0 aliphatic rings. The van der Waals surface area contributed by atoms with E-state index in [0.717, 1.165) is 22.0 Å². The molecule has 18 heavy (non-hydrogen) atoms. The summed E-state index contributed by atoms with van der Waals surface area (Å²) < 4.78 is 5.42. The molecule has 2 rings (SSSR count). The first-order valence-corrected chi connectivity index (χ1v) is 7.01. The van der Waals surface area contributed by atoms with E-state index in [0.29, 0.717) is 19.1 Å². The fraction of sp³-hybridized carbons (Fsp3) is 0.357. The Morgan fingerprint density at radius 1 is 1.33 bits per heavy atom. The van der Waals surface area contributed by atoms with Gasteiger partial charge in [-0.25, -0.2) is 4.98 Å². The zero-order valence-corrected chi connectivity index (χ0v) is 11.5. The van der Waals surface area contributed by atoms with Crippen molar-refractivity contribution in [3.05, 3.63) is 35.3 Å². The SMILES string of the molecule is CCOc1ccc(-c2nc(C(C)CN)cs2)cc1. The molecule has 0 bridgehead atoms. The number of rotatable bonds is 5. The predicted octanol–water partition coefficient (Wildman–Crippen LogP) is 3.27. The standard InChI is InChI=1S/C14H18N2OS/c1-3-17-12-6-4-11(5-7-12)14-16-13(9-18-14)10(2)8-15/h4-7,9-10H,3,8,15H2,1-2H3. The maximum absolute atomic E-state index is 5.65. The van der Waals surface area contributed by atoms with Crippen LogP contribution < -0.4 is 10.5 Å². The van der Waals surface area contributed by atoms with E-state index >= 15 is 0 Å². The summed E-state index contributed by atoms with van der Waals surface area (Å²) in [5, 5.41) is 3.12. The quantitative estimate of drug-likeness (QED) is 0.899. The van der Waals surface area contributed by atoms with Crippen LogP contribution in [0, 0.1) is 0 Å². The summed E-state index contributed by atoms with van der Waals surface area (Å²) in [7, 11) is 0. The summed E-state index contributed by atoms with van der Waals surface area (Å²) in [6.07, 6.45) is 0. The van der Waals surface area contributed by atoms with E-state index < -0.39 is 0 Å². The lowest BCUT2D eigenvalue weighted by molar-refractivity contribution is 0.340. The smallest absolute Gasteiger partial charge is 0.123 e. The molecule has 3 nitrogen and oxygen atoms in total. The molecule has 2 aromatic rings. The second-order valence-corrected chi connectivity index (χ2v) is 5.03. The van der Waals surface area contributed by atoms with E-state index in [-0.39, 0.29) is 0 Å². The fourth-order valence-electron chi connectivity index (χ4n) is 1.63. The summed E-state index contributed by atoms with van der Waals surface area (Å²) in [5.41, 5.74) is 7.85. The Hall–Kier alpha value is -1.39. The van der Waals surface area contributed by atoms with E-state index in [9.17, 15) is 0 Å². The molecular formula is C14H18N2OS. The molecule has 0 fully saturated rings. The maximum atomic E-state index is 5.65. The topological polar surface area (TPSA) is 48.1 Å². The molecule has 1 aromatic heterocycles. The minimum absolute atomic E-state index is 0.317. The third kappa shape index (κ3) is 2.89. The van der Waals surface area contributed by atoms with Gasteiger partial charge in [-0.3, -0.25) is 0 Å². The highest BCUT2D eigenvalue weighted by atomic mass is 32.1. The van der Waals surface area contributed by atoms with E-state index in [1.165, 1.54) is 0 Å². The first kappa shape index (κ1) is 13.1. The Balaban J connectivity index is 2.18. The Bertz CT molecular complexity index is 493. The summed E-state index contributed by atoms with van der Waals surface area (Å²) in [6.45, 7) is 5.40. The van der Waals surface area contributed by atoms with Gasteiger partial charge in [0.2, 0.25) is 0 Å². The van der Waals surface area contributed by atoms with Crippen molar-refractivity contribution in [1.29, 1.82) is 0 Å². The second kappa shape index (κ2) is 5.98. The minimum atomic E-state index is 0.317.